The number of Topliss-reactive ketones (excluding diaryl/α,β-unsaturated/α-hetero) is 1. The van der Waals surface area contributed by atoms with Crippen molar-refractivity contribution in [3.8, 4) is 5.75 Å². The van der Waals surface area contributed by atoms with E-state index in [0.29, 0.717) is 5.56 Å². The molecular weight excluding hydrogens is 309 g/mol. The third-order valence-electron chi connectivity index (χ3n) is 2.93. The Hall–Kier alpha value is -2.21. The molecule has 0 aromatic heterocycles. The van der Waals surface area contributed by atoms with Crippen molar-refractivity contribution in [2.75, 3.05) is 0 Å². The molecule has 0 saturated heterocycles. The van der Waals surface area contributed by atoms with Gasteiger partial charge in [-0.3, -0.25) is 4.79 Å². The zero-order valence-corrected chi connectivity index (χ0v) is 12.3. The van der Waals surface area contributed by atoms with Crippen molar-refractivity contribution in [2.45, 2.75) is 12.8 Å². The van der Waals surface area contributed by atoms with Gasteiger partial charge in [0, 0.05) is 18.4 Å². The summed E-state index contributed by atoms with van der Waals surface area (Å²) >= 11 is 0. The highest BCUT2D eigenvalue weighted by molar-refractivity contribution is 7.50. The lowest BCUT2D eigenvalue weighted by atomic mass is 9.94. The molecule has 7 nitrogen and oxygen atoms in total. The minimum atomic E-state index is -4.68. The Morgan fingerprint density at radius 1 is 1.27 bits per heavy atom. The third-order valence-corrected chi connectivity index (χ3v) is 3.44. The zero-order valence-electron chi connectivity index (χ0n) is 11.4. The average molecular weight is 323 g/mol. The molecule has 1 aromatic rings. The van der Waals surface area contributed by atoms with Crippen molar-refractivity contribution in [2.24, 2.45) is 4.76 Å². The number of nitrogens with zero attached hydrogens (tertiary/aromatic N) is 1. The molecule has 0 amide bonds. The number of ketones is 1. The summed E-state index contributed by atoms with van der Waals surface area (Å²) in [6.07, 6.45) is 2.30. The van der Waals surface area contributed by atoms with Gasteiger partial charge in [0.2, 0.25) is 0 Å². The van der Waals surface area contributed by atoms with E-state index in [1.807, 2.05) is 0 Å². The van der Waals surface area contributed by atoms with Gasteiger partial charge in [0.25, 0.3) is 0 Å². The lowest BCUT2D eigenvalue weighted by Gasteiger charge is -2.13. The topological polar surface area (TPSA) is 127 Å². The van der Waals surface area contributed by atoms with Crippen molar-refractivity contribution < 1.29 is 29.4 Å². The monoisotopic (exact) mass is 323 g/mol. The van der Waals surface area contributed by atoms with Crippen LogP contribution in [0.2, 0.25) is 0 Å². The van der Waals surface area contributed by atoms with Crippen LogP contribution in [0.15, 0.2) is 52.5 Å². The number of carbonyl (C=O) groups excluding carboxylic acids is 1. The molecule has 4 N–H and O–H groups in total. The molecule has 0 fully saturated rings. The fraction of sp³-hybridized carbons (Fsp3) is 0.143. The quantitative estimate of drug-likeness (QED) is 0.626. The molecule has 0 spiro atoms. The highest BCUT2D eigenvalue weighted by Gasteiger charge is 2.23. The average Bonchev–Trinajstić information content (AvgIpc) is 2.39. The molecule has 0 bridgehead atoms. The Labute approximate surface area is 126 Å². The third kappa shape index (κ3) is 4.39. The molecule has 1 aromatic carbocycles. The van der Waals surface area contributed by atoms with Gasteiger partial charge in [0.05, 0.1) is 5.71 Å². The Morgan fingerprint density at radius 3 is 2.64 bits per heavy atom. The van der Waals surface area contributed by atoms with E-state index in [1.165, 1.54) is 18.2 Å². The highest BCUT2D eigenvalue weighted by Crippen LogP contribution is 2.38. The number of rotatable bonds is 4. The highest BCUT2D eigenvalue weighted by atomic mass is 31.2. The van der Waals surface area contributed by atoms with Crippen LogP contribution in [-0.4, -0.2) is 31.5 Å². The number of aliphatic hydroxyl groups is 1. The molecule has 2 rings (SSSR count). The molecule has 1 aliphatic carbocycles. The SMILES string of the molecule is O=C(Cc1cccc(O)c1)C1=CC(O)=CCC1=NP(=O)(O)O. The van der Waals surface area contributed by atoms with Crippen LogP contribution in [0.1, 0.15) is 12.0 Å². The fourth-order valence-electron chi connectivity index (χ4n) is 2.04. The predicted octanol–water partition coefficient (Wildman–Crippen LogP) is 1.81. The molecule has 0 atom stereocenters. The van der Waals surface area contributed by atoms with Gasteiger partial charge in [-0.25, -0.2) is 4.57 Å². The van der Waals surface area contributed by atoms with E-state index in [2.05, 4.69) is 4.76 Å². The first-order valence-corrected chi connectivity index (χ1v) is 7.88. The van der Waals surface area contributed by atoms with Crippen molar-refractivity contribution in [1.29, 1.82) is 0 Å². The summed E-state index contributed by atoms with van der Waals surface area (Å²) in [5, 5.41) is 18.9. The van der Waals surface area contributed by atoms with Gasteiger partial charge in [-0.05, 0) is 29.8 Å². The number of allylic oxidation sites excluding steroid dienone is 3. The summed E-state index contributed by atoms with van der Waals surface area (Å²) in [6.45, 7) is 0. The Kier molecular flexibility index (Phi) is 4.61. The van der Waals surface area contributed by atoms with Crippen LogP contribution >= 0.6 is 7.75 Å². The van der Waals surface area contributed by atoms with Crippen LogP contribution in [0, 0.1) is 0 Å². The van der Waals surface area contributed by atoms with E-state index >= 15 is 0 Å². The van der Waals surface area contributed by atoms with Crippen LogP contribution in [0.4, 0.5) is 0 Å². The first kappa shape index (κ1) is 16.2. The van der Waals surface area contributed by atoms with Crippen molar-refractivity contribution >= 4 is 19.2 Å². The summed E-state index contributed by atoms with van der Waals surface area (Å²) in [7, 11) is -4.68. The molecule has 0 unspecified atom stereocenters. The lowest BCUT2D eigenvalue weighted by molar-refractivity contribution is -0.114. The summed E-state index contributed by atoms with van der Waals surface area (Å²) in [5.41, 5.74) is 0.415. The largest absolute Gasteiger partial charge is 0.508 e. The van der Waals surface area contributed by atoms with Crippen molar-refractivity contribution in [1.82, 2.24) is 0 Å². The number of aliphatic hydroxyl groups excluding tert-OH is 1. The molecule has 0 heterocycles. The smallest absolute Gasteiger partial charge is 0.448 e. The van der Waals surface area contributed by atoms with Gasteiger partial charge in [-0.1, -0.05) is 12.1 Å². The summed E-state index contributed by atoms with van der Waals surface area (Å²) in [6, 6.07) is 6.09. The standard InChI is InChI=1S/C14H14NO6P/c16-10-3-1-2-9(6-10)7-14(18)12-8-11(17)4-5-13(12)15-22(19,20)21/h1-4,6,8,16-17H,5,7H2,(H2,19,20,21). The normalized spacial score (nSPS) is 17.1. The maximum absolute atomic E-state index is 12.3. The van der Waals surface area contributed by atoms with Crippen LogP contribution in [0.3, 0.4) is 0 Å². The predicted molar refractivity (Wildman–Crippen MR) is 79.7 cm³/mol. The Balaban J connectivity index is 2.30. The second-order valence-corrected chi connectivity index (χ2v) is 5.95. The molecule has 0 aliphatic heterocycles. The van der Waals surface area contributed by atoms with E-state index in [1.54, 1.807) is 12.1 Å². The maximum atomic E-state index is 12.3. The molecule has 22 heavy (non-hydrogen) atoms. The van der Waals surface area contributed by atoms with Crippen LogP contribution < -0.4 is 0 Å². The number of hydrogen-bond acceptors (Lipinski definition) is 4. The Morgan fingerprint density at radius 2 is 2.00 bits per heavy atom. The van der Waals surface area contributed by atoms with Gasteiger partial charge in [-0.2, -0.15) is 4.76 Å². The molecule has 1 aliphatic rings. The van der Waals surface area contributed by atoms with Gasteiger partial charge in [0.15, 0.2) is 5.78 Å². The maximum Gasteiger partial charge on any atom is 0.448 e. The molecular formula is C14H14NO6P. The van der Waals surface area contributed by atoms with Gasteiger partial charge in [0.1, 0.15) is 11.5 Å². The second kappa shape index (κ2) is 6.27. The van der Waals surface area contributed by atoms with Crippen molar-refractivity contribution in [3.05, 3.63) is 53.3 Å². The molecule has 0 saturated carbocycles. The number of phenolic OH excluding ortho intramolecular Hbond substituents is 1. The van der Waals surface area contributed by atoms with Crippen LogP contribution in [-0.2, 0) is 15.8 Å². The Bertz CT molecular complexity index is 743. The minimum absolute atomic E-state index is 0.00905. The number of hydrogen-bond donors (Lipinski definition) is 4. The summed E-state index contributed by atoms with van der Waals surface area (Å²) in [5.74, 6) is -0.615. The van der Waals surface area contributed by atoms with E-state index in [4.69, 9.17) is 9.79 Å². The first-order chi connectivity index (χ1) is 10.2. The zero-order chi connectivity index (χ0) is 16.3. The molecule has 8 heteroatoms. The number of carbonyl (C=O) groups is 1. The van der Waals surface area contributed by atoms with Gasteiger partial charge in [-0.15, -0.1) is 0 Å². The van der Waals surface area contributed by atoms with Gasteiger partial charge < -0.3 is 20.0 Å². The summed E-state index contributed by atoms with van der Waals surface area (Å²) < 4.78 is 14.3. The van der Waals surface area contributed by atoms with Crippen molar-refractivity contribution in [3.63, 3.8) is 0 Å². The molecule has 116 valence electrons. The number of benzene rings is 1. The molecule has 0 radical (unpaired) electrons. The van der Waals surface area contributed by atoms with E-state index in [9.17, 15) is 19.6 Å². The second-order valence-electron chi connectivity index (χ2n) is 4.72. The number of phenols is 1. The van der Waals surface area contributed by atoms with Gasteiger partial charge >= 0.3 is 7.75 Å². The summed E-state index contributed by atoms with van der Waals surface area (Å²) in [4.78, 5) is 30.2. The van der Waals surface area contributed by atoms with E-state index in [0.717, 1.165) is 6.08 Å². The fourth-order valence-corrected chi connectivity index (χ4v) is 2.55. The number of aromatic hydroxyl groups is 1. The van der Waals surface area contributed by atoms with Crippen LogP contribution in [0.25, 0.3) is 0 Å². The van der Waals surface area contributed by atoms with E-state index < -0.39 is 13.5 Å². The van der Waals surface area contributed by atoms with E-state index in [-0.39, 0.29) is 35.6 Å². The van der Waals surface area contributed by atoms with Crippen LogP contribution in [0.5, 0.6) is 5.75 Å². The first-order valence-electron chi connectivity index (χ1n) is 6.31. The minimum Gasteiger partial charge on any atom is -0.508 e. The lowest BCUT2D eigenvalue weighted by Crippen LogP contribution is -2.17.